The van der Waals surface area contributed by atoms with Crippen LogP contribution in [0.15, 0.2) is 65.2 Å². The van der Waals surface area contributed by atoms with Gasteiger partial charge in [-0.25, -0.2) is 0 Å². The molecule has 2 heterocycles. The van der Waals surface area contributed by atoms with Gasteiger partial charge in [-0.2, -0.15) is 0 Å². The van der Waals surface area contributed by atoms with Gasteiger partial charge in [-0.15, -0.1) is 10.2 Å². The molecule has 1 amide bonds. The van der Waals surface area contributed by atoms with E-state index in [-0.39, 0.29) is 18.2 Å². The van der Waals surface area contributed by atoms with E-state index in [2.05, 4.69) is 20.5 Å². The molecule has 0 bridgehead atoms. The van der Waals surface area contributed by atoms with E-state index in [4.69, 9.17) is 9.15 Å². The molecule has 4 rings (SSSR count). The lowest BCUT2D eigenvalue weighted by atomic mass is 10.1. The van der Waals surface area contributed by atoms with Crippen LogP contribution in [0, 0.1) is 0 Å². The van der Waals surface area contributed by atoms with Crippen LogP contribution in [0.3, 0.4) is 0 Å². The van der Waals surface area contributed by atoms with Crippen LogP contribution < -0.4 is 10.1 Å². The first-order valence-electron chi connectivity index (χ1n) is 8.33. The van der Waals surface area contributed by atoms with E-state index in [1.165, 1.54) is 0 Å². The molecule has 0 radical (unpaired) electrons. The van der Waals surface area contributed by atoms with Crippen molar-refractivity contribution in [2.24, 2.45) is 0 Å². The van der Waals surface area contributed by atoms with Crippen molar-refractivity contribution in [3.63, 3.8) is 0 Å². The molecule has 7 heteroatoms. The second-order valence-electron chi connectivity index (χ2n) is 5.87. The average molecular weight is 360 g/mol. The van der Waals surface area contributed by atoms with Crippen molar-refractivity contribution in [3.8, 4) is 17.2 Å². The van der Waals surface area contributed by atoms with Gasteiger partial charge in [0.15, 0.2) is 0 Å². The number of carbonyl (C=O) groups excluding carboxylic acids is 1. The quantitative estimate of drug-likeness (QED) is 0.586. The predicted molar refractivity (Wildman–Crippen MR) is 100 cm³/mol. The SMILES string of the molecule is COc1ccc(NC(=O)Cc2nnc(-c3ccc4ncccc4c3)o2)cc1. The largest absolute Gasteiger partial charge is 0.497 e. The Bertz CT molecular complexity index is 1090. The van der Waals surface area contributed by atoms with Gasteiger partial charge in [0.2, 0.25) is 17.7 Å². The number of amides is 1. The van der Waals surface area contributed by atoms with Crippen LogP contribution in [0.25, 0.3) is 22.4 Å². The number of nitrogens with one attached hydrogen (secondary N) is 1. The number of benzene rings is 2. The Labute approximate surface area is 155 Å². The van der Waals surface area contributed by atoms with Gasteiger partial charge in [0, 0.05) is 22.8 Å². The lowest BCUT2D eigenvalue weighted by Gasteiger charge is -2.04. The Morgan fingerprint density at radius 1 is 1.11 bits per heavy atom. The first kappa shape index (κ1) is 16.7. The highest BCUT2D eigenvalue weighted by Gasteiger charge is 2.13. The molecule has 0 saturated carbocycles. The number of nitrogens with zero attached hydrogens (tertiary/aromatic N) is 3. The molecule has 0 aliphatic heterocycles. The van der Waals surface area contributed by atoms with Gasteiger partial charge in [0.05, 0.1) is 12.6 Å². The minimum Gasteiger partial charge on any atom is -0.497 e. The number of fused-ring (bicyclic) bond motifs is 1. The van der Waals surface area contributed by atoms with E-state index in [0.717, 1.165) is 22.2 Å². The summed E-state index contributed by atoms with van der Waals surface area (Å²) in [5.74, 6) is 1.11. The third-order valence-electron chi connectivity index (χ3n) is 4.00. The van der Waals surface area contributed by atoms with Gasteiger partial charge < -0.3 is 14.5 Å². The summed E-state index contributed by atoms with van der Waals surface area (Å²) in [4.78, 5) is 16.5. The first-order valence-corrected chi connectivity index (χ1v) is 8.33. The predicted octanol–water partition coefficient (Wildman–Crippen LogP) is 3.47. The van der Waals surface area contributed by atoms with E-state index in [9.17, 15) is 4.79 Å². The number of hydrogen-bond donors (Lipinski definition) is 1. The van der Waals surface area contributed by atoms with E-state index < -0.39 is 0 Å². The van der Waals surface area contributed by atoms with Crippen molar-refractivity contribution in [3.05, 3.63) is 66.7 Å². The highest BCUT2D eigenvalue weighted by Crippen LogP contribution is 2.22. The Morgan fingerprint density at radius 3 is 2.78 bits per heavy atom. The standard InChI is InChI=1S/C20H16N4O3/c1-26-16-7-5-15(6-8-16)22-18(25)12-19-23-24-20(27-19)14-4-9-17-13(11-14)3-2-10-21-17/h2-11H,12H2,1H3,(H,22,25). The van der Waals surface area contributed by atoms with E-state index in [1.807, 2.05) is 30.3 Å². The molecule has 0 aliphatic rings. The third-order valence-corrected chi connectivity index (χ3v) is 4.00. The molecule has 134 valence electrons. The smallest absolute Gasteiger partial charge is 0.247 e. The fraction of sp³-hybridized carbons (Fsp3) is 0.100. The fourth-order valence-corrected chi connectivity index (χ4v) is 2.67. The third kappa shape index (κ3) is 3.77. The molecule has 4 aromatic rings. The summed E-state index contributed by atoms with van der Waals surface area (Å²) >= 11 is 0. The number of ether oxygens (including phenoxy) is 1. The number of hydrogen-bond acceptors (Lipinski definition) is 6. The first-order chi connectivity index (χ1) is 13.2. The monoisotopic (exact) mass is 360 g/mol. The number of carbonyl (C=O) groups is 1. The zero-order chi connectivity index (χ0) is 18.6. The zero-order valence-electron chi connectivity index (χ0n) is 14.5. The number of pyridine rings is 1. The summed E-state index contributed by atoms with van der Waals surface area (Å²) < 4.78 is 10.7. The molecule has 27 heavy (non-hydrogen) atoms. The maximum Gasteiger partial charge on any atom is 0.247 e. The van der Waals surface area contributed by atoms with Crippen molar-refractivity contribution in [1.82, 2.24) is 15.2 Å². The van der Waals surface area contributed by atoms with Crippen LogP contribution in [0.2, 0.25) is 0 Å². The molecular formula is C20H16N4O3. The summed E-state index contributed by atoms with van der Waals surface area (Å²) in [5, 5.41) is 11.8. The number of methoxy groups -OCH3 is 1. The molecule has 0 atom stereocenters. The normalized spacial score (nSPS) is 10.7. The summed E-state index contributed by atoms with van der Waals surface area (Å²) in [5.41, 5.74) is 2.34. The molecule has 2 aromatic heterocycles. The van der Waals surface area contributed by atoms with Crippen LogP contribution >= 0.6 is 0 Å². The average Bonchev–Trinajstić information content (AvgIpc) is 3.16. The Balaban J connectivity index is 1.45. The van der Waals surface area contributed by atoms with Crippen LogP contribution in [-0.2, 0) is 11.2 Å². The minimum atomic E-state index is -0.238. The highest BCUT2D eigenvalue weighted by atomic mass is 16.5. The maximum atomic E-state index is 12.2. The molecule has 7 nitrogen and oxygen atoms in total. The molecule has 1 N–H and O–H groups in total. The second-order valence-corrected chi connectivity index (χ2v) is 5.87. The summed E-state index contributed by atoms with van der Waals surface area (Å²) in [6.45, 7) is 0. The summed E-state index contributed by atoms with van der Waals surface area (Å²) in [6.07, 6.45) is 1.74. The zero-order valence-corrected chi connectivity index (χ0v) is 14.5. The Kier molecular flexibility index (Phi) is 4.49. The van der Waals surface area contributed by atoms with Crippen molar-refractivity contribution in [2.75, 3.05) is 12.4 Å². The Morgan fingerprint density at radius 2 is 1.96 bits per heavy atom. The van der Waals surface area contributed by atoms with Gasteiger partial charge in [-0.05, 0) is 48.5 Å². The van der Waals surface area contributed by atoms with E-state index in [0.29, 0.717) is 11.6 Å². The topological polar surface area (TPSA) is 90.1 Å². The molecule has 2 aromatic carbocycles. The Hall–Kier alpha value is -3.74. The van der Waals surface area contributed by atoms with Gasteiger partial charge in [-0.1, -0.05) is 6.07 Å². The maximum absolute atomic E-state index is 12.2. The number of aromatic nitrogens is 3. The number of rotatable bonds is 5. The van der Waals surface area contributed by atoms with Crippen molar-refractivity contribution < 1.29 is 13.9 Å². The summed E-state index contributed by atoms with van der Waals surface area (Å²) in [6, 6.07) is 16.6. The van der Waals surface area contributed by atoms with Gasteiger partial charge in [-0.3, -0.25) is 9.78 Å². The van der Waals surface area contributed by atoms with E-state index >= 15 is 0 Å². The van der Waals surface area contributed by atoms with Crippen LogP contribution in [-0.4, -0.2) is 28.2 Å². The fourth-order valence-electron chi connectivity index (χ4n) is 2.67. The lowest BCUT2D eigenvalue weighted by Crippen LogP contribution is -2.14. The number of anilines is 1. The van der Waals surface area contributed by atoms with Crippen LogP contribution in [0.5, 0.6) is 5.75 Å². The second kappa shape index (κ2) is 7.25. The van der Waals surface area contributed by atoms with E-state index in [1.54, 1.807) is 37.6 Å². The van der Waals surface area contributed by atoms with Crippen molar-refractivity contribution in [1.29, 1.82) is 0 Å². The summed E-state index contributed by atoms with van der Waals surface area (Å²) in [7, 11) is 1.59. The van der Waals surface area contributed by atoms with Crippen molar-refractivity contribution >= 4 is 22.5 Å². The highest BCUT2D eigenvalue weighted by molar-refractivity contribution is 5.91. The van der Waals surface area contributed by atoms with Crippen molar-refractivity contribution in [2.45, 2.75) is 6.42 Å². The molecule has 0 unspecified atom stereocenters. The van der Waals surface area contributed by atoms with Gasteiger partial charge in [0.25, 0.3) is 0 Å². The molecule has 0 saturated heterocycles. The molecule has 0 spiro atoms. The minimum absolute atomic E-state index is 0.00579. The molecular weight excluding hydrogens is 344 g/mol. The van der Waals surface area contributed by atoms with Crippen LogP contribution in [0.1, 0.15) is 5.89 Å². The van der Waals surface area contributed by atoms with Crippen LogP contribution in [0.4, 0.5) is 5.69 Å². The lowest BCUT2D eigenvalue weighted by molar-refractivity contribution is -0.115. The van der Waals surface area contributed by atoms with Gasteiger partial charge in [0.1, 0.15) is 12.2 Å². The van der Waals surface area contributed by atoms with Gasteiger partial charge >= 0.3 is 0 Å². The molecule has 0 fully saturated rings. The molecule has 0 aliphatic carbocycles.